The molecule has 1 fully saturated rings. The molecule has 0 bridgehead atoms. The van der Waals surface area contributed by atoms with E-state index in [1.807, 2.05) is 36.4 Å². The first kappa shape index (κ1) is 19.9. The van der Waals surface area contributed by atoms with E-state index in [1.165, 1.54) is 12.8 Å². The van der Waals surface area contributed by atoms with Gasteiger partial charge in [-0.05, 0) is 48.2 Å². The fourth-order valence-electron chi connectivity index (χ4n) is 3.49. The number of anilines is 1. The molecule has 1 aromatic carbocycles. The Kier molecular flexibility index (Phi) is 7.41. The lowest BCUT2D eigenvalue weighted by Crippen LogP contribution is -2.30. The van der Waals surface area contributed by atoms with E-state index in [2.05, 4.69) is 20.9 Å². The molecule has 148 valence electrons. The van der Waals surface area contributed by atoms with Gasteiger partial charge in [0.05, 0.1) is 0 Å². The minimum Gasteiger partial charge on any atom is -0.352 e. The Morgan fingerprint density at radius 3 is 2.36 bits per heavy atom. The Bertz CT molecular complexity index is 771. The van der Waals surface area contributed by atoms with E-state index in [0.717, 1.165) is 36.8 Å². The molecule has 0 radical (unpaired) electrons. The molecule has 1 saturated carbocycles. The molecular formula is C22H28N4O2. The summed E-state index contributed by atoms with van der Waals surface area (Å²) in [7, 11) is 0. The summed E-state index contributed by atoms with van der Waals surface area (Å²) in [5.74, 6) is 0.290. The van der Waals surface area contributed by atoms with Crippen LogP contribution in [0.3, 0.4) is 0 Å². The van der Waals surface area contributed by atoms with Gasteiger partial charge in [-0.2, -0.15) is 0 Å². The van der Waals surface area contributed by atoms with Crippen molar-refractivity contribution in [1.82, 2.24) is 15.6 Å². The zero-order valence-corrected chi connectivity index (χ0v) is 16.1. The van der Waals surface area contributed by atoms with Crippen molar-refractivity contribution in [3.8, 4) is 0 Å². The van der Waals surface area contributed by atoms with Gasteiger partial charge in [-0.25, -0.2) is 4.79 Å². The second kappa shape index (κ2) is 10.4. The molecule has 2 aromatic rings. The van der Waals surface area contributed by atoms with E-state index in [-0.39, 0.29) is 17.9 Å². The van der Waals surface area contributed by atoms with Crippen LogP contribution in [-0.4, -0.2) is 16.9 Å². The van der Waals surface area contributed by atoms with E-state index in [0.29, 0.717) is 18.8 Å². The SMILES string of the molecule is O=C(NCc1ccncc1)Nc1cccc(CNC(=O)C2CCCCCC2)c1. The molecule has 3 amide bonds. The molecule has 0 spiro atoms. The van der Waals surface area contributed by atoms with Crippen LogP contribution in [0.25, 0.3) is 0 Å². The summed E-state index contributed by atoms with van der Waals surface area (Å²) < 4.78 is 0. The van der Waals surface area contributed by atoms with Crippen molar-refractivity contribution in [3.05, 3.63) is 59.9 Å². The molecule has 0 aliphatic heterocycles. The number of benzene rings is 1. The van der Waals surface area contributed by atoms with Gasteiger partial charge >= 0.3 is 6.03 Å². The summed E-state index contributed by atoms with van der Waals surface area (Å²) in [6.07, 6.45) is 10.1. The van der Waals surface area contributed by atoms with E-state index in [9.17, 15) is 9.59 Å². The van der Waals surface area contributed by atoms with Gasteiger partial charge < -0.3 is 16.0 Å². The summed E-state index contributed by atoms with van der Waals surface area (Å²) in [5.41, 5.74) is 2.66. The molecule has 6 heteroatoms. The van der Waals surface area contributed by atoms with Crippen molar-refractivity contribution in [2.45, 2.75) is 51.6 Å². The highest BCUT2D eigenvalue weighted by molar-refractivity contribution is 5.89. The molecule has 28 heavy (non-hydrogen) atoms. The van der Waals surface area contributed by atoms with Crippen LogP contribution in [0.4, 0.5) is 10.5 Å². The fourth-order valence-corrected chi connectivity index (χ4v) is 3.49. The van der Waals surface area contributed by atoms with Crippen molar-refractivity contribution in [3.63, 3.8) is 0 Å². The van der Waals surface area contributed by atoms with Gasteiger partial charge in [0.1, 0.15) is 0 Å². The number of nitrogens with zero attached hydrogens (tertiary/aromatic N) is 1. The first-order valence-corrected chi connectivity index (χ1v) is 10.0. The number of urea groups is 1. The van der Waals surface area contributed by atoms with Crippen molar-refractivity contribution < 1.29 is 9.59 Å². The number of pyridine rings is 1. The Balaban J connectivity index is 1.46. The normalized spacial score (nSPS) is 14.7. The quantitative estimate of drug-likeness (QED) is 0.663. The van der Waals surface area contributed by atoms with Crippen molar-refractivity contribution >= 4 is 17.6 Å². The number of rotatable bonds is 6. The minimum atomic E-state index is -0.267. The van der Waals surface area contributed by atoms with E-state index >= 15 is 0 Å². The lowest BCUT2D eigenvalue weighted by molar-refractivity contribution is -0.125. The maximum atomic E-state index is 12.4. The smallest absolute Gasteiger partial charge is 0.319 e. The number of hydrogen-bond donors (Lipinski definition) is 3. The van der Waals surface area contributed by atoms with Crippen LogP contribution in [0.1, 0.15) is 49.7 Å². The molecule has 0 unspecified atom stereocenters. The molecular weight excluding hydrogens is 352 g/mol. The van der Waals surface area contributed by atoms with Gasteiger partial charge in [-0.15, -0.1) is 0 Å². The second-order valence-corrected chi connectivity index (χ2v) is 7.27. The van der Waals surface area contributed by atoms with Gasteiger partial charge in [0.15, 0.2) is 0 Å². The number of aromatic nitrogens is 1. The predicted molar refractivity (Wildman–Crippen MR) is 110 cm³/mol. The van der Waals surface area contributed by atoms with Crippen LogP contribution in [0, 0.1) is 5.92 Å². The molecule has 0 atom stereocenters. The molecule has 0 saturated heterocycles. The highest BCUT2D eigenvalue weighted by Crippen LogP contribution is 2.23. The van der Waals surface area contributed by atoms with Gasteiger partial charge in [-0.3, -0.25) is 9.78 Å². The molecule has 1 aromatic heterocycles. The maximum absolute atomic E-state index is 12.4. The summed E-state index contributed by atoms with van der Waals surface area (Å²) in [6.45, 7) is 0.912. The zero-order chi connectivity index (χ0) is 19.6. The first-order chi connectivity index (χ1) is 13.7. The van der Waals surface area contributed by atoms with E-state index < -0.39 is 0 Å². The summed E-state index contributed by atoms with van der Waals surface area (Å²) in [4.78, 5) is 28.5. The largest absolute Gasteiger partial charge is 0.352 e. The molecule has 3 N–H and O–H groups in total. The average Bonchev–Trinajstić information content (AvgIpc) is 3.01. The van der Waals surface area contributed by atoms with Gasteiger partial charge in [0.25, 0.3) is 0 Å². The first-order valence-electron chi connectivity index (χ1n) is 10.0. The zero-order valence-electron chi connectivity index (χ0n) is 16.1. The van der Waals surface area contributed by atoms with Crippen LogP contribution in [0.2, 0.25) is 0 Å². The van der Waals surface area contributed by atoms with Gasteiger partial charge in [0, 0.05) is 37.1 Å². The van der Waals surface area contributed by atoms with Crippen LogP contribution in [0.15, 0.2) is 48.8 Å². The molecule has 3 rings (SSSR count). The molecule has 1 aliphatic rings. The predicted octanol–water partition coefficient (Wildman–Crippen LogP) is 3.99. The second-order valence-electron chi connectivity index (χ2n) is 7.27. The fraction of sp³-hybridized carbons (Fsp3) is 0.409. The van der Waals surface area contributed by atoms with Crippen molar-refractivity contribution in [2.24, 2.45) is 5.92 Å². The van der Waals surface area contributed by atoms with E-state index in [1.54, 1.807) is 12.4 Å². The molecule has 1 aliphatic carbocycles. The van der Waals surface area contributed by atoms with E-state index in [4.69, 9.17) is 0 Å². The van der Waals surface area contributed by atoms with Gasteiger partial charge in [-0.1, -0.05) is 37.8 Å². The Labute approximate surface area is 166 Å². The lowest BCUT2D eigenvalue weighted by atomic mass is 9.99. The maximum Gasteiger partial charge on any atom is 0.319 e. The summed E-state index contributed by atoms with van der Waals surface area (Å²) >= 11 is 0. The number of carbonyl (C=O) groups excluding carboxylic acids is 2. The van der Waals surface area contributed by atoms with Gasteiger partial charge in [0.2, 0.25) is 5.91 Å². The average molecular weight is 380 g/mol. The standard InChI is InChI=1S/C22H28N4O2/c27-21(19-7-3-1-2-4-8-19)24-16-18-6-5-9-20(14-18)26-22(28)25-15-17-10-12-23-13-11-17/h5-6,9-14,19H,1-4,7-8,15-16H2,(H,24,27)(H2,25,26,28). The summed E-state index contributed by atoms with van der Waals surface area (Å²) in [5, 5.41) is 8.70. The number of hydrogen-bond acceptors (Lipinski definition) is 3. The van der Waals surface area contributed by atoms with Crippen molar-refractivity contribution in [1.29, 1.82) is 0 Å². The van der Waals surface area contributed by atoms with Crippen LogP contribution < -0.4 is 16.0 Å². The Morgan fingerprint density at radius 2 is 1.61 bits per heavy atom. The molecule has 6 nitrogen and oxygen atoms in total. The minimum absolute atomic E-state index is 0.141. The Hall–Kier alpha value is -2.89. The lowest BCUT2D eigenvalue weighted by Gasteiger charge is -2.14. The topological polar surface area (TPSA) is 83.1 Å². The third-order valence-corrected chi connectivity index (χ3v) is 5.08. The Morgan fingerprint density at radius 1 is 0.893 bits per heavy atom. The summed E-state index contributed by atoms with van der Waals surface area (Å²) in [6, 6.07) is 11.0. The molecule has 1 heterocycles. The monoisotopic (exact) mass is 380 g/mol. The highest BCUT2D eigenvalue weighted by atomic mass is 16.2. The van der Waals surface area contributed by atoms with Crippen molar-refractivity contribution in [2.75, 3.05) is 5.32 Å². The third kappa shape index (κ3) is 6.37. The number of nitrogens with one attached hydrogen (secondary N) is 3. The highest BCUT2D eigenvalue weighted by Gasteiger charge is 2.19. The third-order valence-electron chi connectivity index (χ3n) is 5.08. The van der Waals surface area contributed by atoms with Crippen LogP contribution >= 0.6 is 0 Å². The van der Waals surface area contributed by atoms with Crippen LogP contribution in [0.5, 0.6) is 0 Å². The number of carbonyl (C=O) groups is 2. The van der Waals surface area contributed by atoms with Crippen LogP contribution in [-0.2, 0) is 17.9 Å². The number of amides is 3.